The van der Waals surface area contributed by atoms with Crippen LogP contribution in [0.1, 0.15) is 38.5 Å². The van der Waals surface area contributed by atoms with E-state index in [9.17, 15) is 14.7 Å². The first kappa shape index (κ1) is 11.9. The first-order chi connectivity index (χ1) is 8.04. The first-order valence-corrected chi connectivity index (χ1v) is 5.66. The highest BCUT2D eigenvalue weighted by Crippen LogP contribution is 2.21. The second-order valence-electron chi connectivity index (χ2n) is 4.48. The highest BCUT2D eigenvalue weighted by molar-refractivity contribution is 5.99. The number of aliphatic hydroxyl groups excluding tert-OH is 1. The number of rotatable bonds is 2. The minimum Gasteiger partial charge on any atom is -0.391 e. The molecule has 1 unspecified atom stereocenters. The molecule has 1 fully saturated rings. The summed E-state index contributed by atoms with van der Waals surface area (Å²) in [5, 5.41) is 9.43. The molecule has 1 atom stereocenters. The highest BCUT2D eigenvalue weighted by Gasteiger charge is 2.28. The number of hydrogen-bond donors (Lipinski definition) is 2. The summed E-state index contributed by atoms with van der Waals surface area (Å²) in [6.45, 7) is 4.48. The molecular formula is C12H16N2O3. The van der Waals surface area contributed by atoms with Crippen LogP contribution < -0.4 is 0 Å². The minimum absolute atomic E-state index is 0.110. The predicted molar refractivity (Wildman–Crippen MR) is 62.2 cm³/mol. The van der Waals surface area contributed by atoms with E-state index in [0.717, 1.165) is 6.29 Å². The number of amides is 1. The molecule has 2 N–H and O–H groups in total. The lowest BCUT2D eigenvalue weighted by Crippen LogP contribution is -2.30. The third-order valence-electron chi connectivity index (χ3n) is 3.26. The number of nitrogens with zero attached hydrogens (tertiary/aromatic N) is 1. The predicted octanol–water partition coefficient (Wildman–Crippen LogP) is 0.651. The van der Waals surface area contributed by atoms with Gasteiger partial charge in [-0.2, -0.15) is 0 Å². The number of aryl methyl sites for hydroxylation is 1. The third kappa shape index (κ3) is 1.98. The lowest BCUT2D eigenvalue weighted by Gasteiger charge is -2.15. The molecule has 17 heavy (non-hydrogen) atoms. The van der Waals surface area contributed by atoms with Crippen LogP contribution >= 0.6 is 0 Å². The molecule has 5 nitrogen and oxygen atoms in total. The van der Waals surface area contributed by atoms with Crippen LogP contribution in [-0.2, 0) is 0 Å². The zero-order valence-corrected chi connectivity index (χ0v) is 9.99. The van der Waals surface area contributed by atoms with Gasteiger partial charge in [0.25, 0.3) is 5.91 Å². The summed E-state index contributed by atoms with van der Waals surface area (Å²) in [7, 11) is 0. The molecule has 0 aromatic carbocycles. The van der Waals surface area contributed by atoms with E-state index in [1.807, 2.05) is 0 Å². The number of H-pyrrole nitrogens is 1. The summed E-state index contributed by atoms with van der Waals surface area (Å²) in [4.78, 5) is 27.6. The van der Waals surface area contributed by atoms with Gasteiger partial charge < -0.3 is 15.0 Å². The molecule has 0 bridgehead atoms. The number of likely N-dealkylation sites (tertiary alicyclic amines) is 1. The fourth-order valence-corrected chi connectivity index (χ4v) is 2.30. The van der Waals surface area contributed by atoms with Crippen molar-refractivity contribution in [3.05, 3.63) is 22.5 Å². The smallest absolute Gasteiger partial charge is 0.256 e. The Balaban J connectivity index is 2.31. The van der Waals surface area contributed by atoms with Gasteiger partial charge in [0.1, 0.15) is 0 Å². The molecule has 2 heterocycles. The van der Waals surface area contributed by atoms with Crippen LogP contribution in [0.3, 0.4) is 0 Å². The molecule has 1 amide bonds. The maximum Gasteiger partial charge on any atom is 0.256 e. The Labute approximate surface area is 99.4 Å². The van der Waals surface area contributed by atoms with Crippen molar-refractivity contribution >= 4 is 12.2 Å². The van der Waals surface area contributed by atoms with Crippen LogP contribution in [0, 0.1) is 13.8 Å². The Kier molecular flexibility index (Phi) is 3.02. The van der Waals surface area contributed by atoms with E-state index in [0.29, 0.717) is 42.0 Å². The van der Waals surface area contributed by atoms with E-state index in [1.165, 1.54) is 0 Å². The van der Waals surface area contributed by atoms with Crippen molar-refractivity contribution in [1.82, 2.24) is 9.88 Å². The van der Waals surface area contributed by atoms with E-state index in [4.69, 9.17) is 0 Å². The van der Waals surface area contributed by atoms with E-state index in [2.05, 4.69) is 4.98 Å². The average Bonchev–Trinajstić information content (AvgIpc) is 2.83. The topological polar surface area (TPSA) is 73.4 Å². The number of β-amino-alcohol motifs (C(OH)–C–C–N with tert-alkyl or cyclic N) is 1. The van der Waals surface area contributed by atoms with Crippen LogP contribution in [0.2, 0.25) is 0 Å². The number of carbonyl (C=O) groups excluding carboxylic acids is 2. The van der Waals surface area contributed by atoms with Gasteiger partial charge in [-0.3, -0.25) is 9.59 Å². The van der Waals surface area contributed by atoms with Crippen LogP contribution in [0.15, 0.2) is 0 Å². The molecule has 1 aliphatic heterocycles. The summed E-state index contributed by atoms with van der Waals surface area (Å²) in [6, 6.07) is 0. The molecule has 1 aromatic rings. The van der Waals surface area contributed by atoms with Crippen LogP contribution in [0.5, 0.6) is 0 Å². The highest BCUT2D eigenvalue weighted by atomic mass is 16.3. The maximum atomic E-state index is 12.2. The van der Waals surface area contributed by atoms with Crippen molar-refractivity contribution in [3.63, 3.8) is 0 Å². The Morgan fingerprint density at radius 3 is 2.71 bits per heavy atom. The molecule has 2 rings (SSSR count). The third-order valence-corrected chi connectivity index (χ3v) is 3.26. The van der Waals surface area contributed by atoms with Crippen LogP contribution in [0.4, 0.5) is 0 Å². The Hall–Kier alpha value is -1.62. The van der Waals surface area contributed by atoms with Gasteiger partial charge >= 0.3 is 0 Å². The number of aldehydes is 1. The van der Waals surface area contributed by atoms with Crippen LogP contribution in [0.25, 0.3) is 0 Å². The summed E-state index contributed by atoms with van der Waals surface area (Å²) in [5.74, 6) is -0.110. The van der Waals surface area contributed by atoms with Gasteiger partial charge in [0.05, 0.1) is 17.4 Å². The monoisotopic (exact) mass is 236 g/mol. The van der Waals surface area contributed by atoms with Crippen molar-refractivity contribution in [2.24, 2.45) is 0 Å². The summed E-state index contributed by atoms with van der Waals surface area (Å²) >= 11 is 0. The Bertz CT molecular complexity index is 465. The summed E-state index contributed by atoms with van der Waals surface area (Å²) in [6.07, 6.45) is 0.913. The number of nitrogens with one attached hydrogen (secondary N) is 1. The fraction of sp³-hybridized carbons (Fsp3) is 0.500. The molecular weight excluding hydrogens is 220 g/mol. The van der Waals surface area contributed by atoms with E-state index >= 15 is 0 Å². The number of hydrogen-bond acceptors (Lipinski definition) is 3. The molecule has 1 aromatic heterocycles. The van der Waals surface area contributed by atoms with Gasteiger partial charge in [0.15, 0.2) is 6.29 Å². The fourth-order valence-electron chi connectivity index (χ4n) is 2.30. The van der Waals surface area contributed by atoms with E-state index < -0.39 is 6.10 Å². The SMILES string of the molecule is Cc1[nH]c(C=O)c(C)c1C(=O)N1CCC(O)C1. The normalized spacial score (nSPS) is 19.7. The summed E-state index contributed by atoms with van der Waals surface area (Å²) < 4.78 is 0. The molecule has 1 saturated heterocycles. The number of aromatic amines is 1. The van der Waals surface area contributed by atoms with E-state index in [-0.39, 0.29) is 5.91 Å². The zero-order valence-electron chi connectivity index (χ0n) is 9.99. The van der Waals surface area contributed by atoms with Gasteiger partial charge in [0, 0.05) is 18.8 Å². The second-order valence-corrected chi connectivity index (χ2v) is 4.48. The van der Waals surface area contributed by atoms with Crippen molar-refractivity contribution in [2.75, 3.05) is 13.1 Å². The van der Waals surface area contributed by atoms with Crippen molar-refractivity contribution in [1.29, 1.82) is 0 Å². The van der Waals surface area contributed by atoms with Crippen LogP contribution in [-0.4, -0.2) is 46.4 Å². The number of carbonyl (C=O) groups is 2. The van der Waals surface area contributed by atoms with Gasteiger partial charge in [-0.05, 0) is 25.8 Å². The molecule has 0 aliphatic carbocycles. The molecule has 92 valence electrons. The maximum absolute atomic E-state index is 12.2. The Morgan fingerprint density at radius 1 is 1.53 bits per heavy atom. The molecule has 0 spiro atoms. The zero-order chi connectivity index (χ0) is 12.6. The van der Waals surface area contributed by atoms with Gasteiger partial charge in [-0.1, -0.05) is 0 Å². The molecule has 0 radical (unpaired) electrons. The first-order valence-electron chi connectivity index (χ1n) is 5.66. The van der Waals surface area contributed by atoms with Gasteiger partial charge in [-0.25, -0.2) is 0 Å². The van der Waals surface area contributed by atoms with E-state index in [1.54, 1.807) is 18.7 Å². The van der Waals surface area contributed by atoms with Gasteiger partial charge in [0.2, 0.25) is 0 Å². The van der Waals surface area contributed by atoms with Crippen molar-refractivity contribution in [3.8, 4) is 0 Å². The second kappa shape index (κ2) is 4.33. The number of aliphatic hydroxyl groups is 1. The quantitative estimate of drug-likeness (QED) is 0.740. The number of aromatic nitrogens is 1. The standard InChI is InChI=1S/C12H16N2O3/c1-7-10(6-15)13-8(2)11(7)12(17)14-4-3-9(16)5-14/h6,9,13,16H,3-5H2,1-2H3. The lowest BCUT2D eigenvalue weighted by molar-refractivity contribution is 0.0763. The van der Waals surface area contributed by atoms with Gasteiger partial charge in [-0.15, -0.1) is 0 Å². The lowest BCUT2D eigenvalue weighted by atomic mass is 10.1. The van der Waals surface area contributed by atoms with Crippen molar-refractivity contribution in [2.45, 2.75) is 26.4 Å². The largest absolute Gasteiger partial charge is 0.391 e. The average molecular weight is 236 g/mol. The molecule has 5 heteroatoms. The Morgan fingerprint density at radius 2 is 2.24 bits per heavy atom. The molecule has 1 aliphatic rings. The molecule has 0 saturated carbocycles. The minimum atomic E-state index is -0.427. The summed E-state index contributed by atoms with van der Waals surface area (Å²) in [5.41, 5.74) is 2.40. The van der Waals surface area contributed by atoms with Crippen molar-refractivity contribution < 1.29 is 14.7 Å².